The molecule has 0 saturated carbocycles. The van der Waals surface area contributed by atoms with Gasteiger partial charge in [0.15, 0.2) is 0 Å². The van der Waals surface area contributed by atoms with Gasteiger partial charge < -0.3 is 20.9 Å². The fourth-order valence-electron chi connectivity index (χ4n) is 2.29. The van der Waals surface area contributed by atoms with E-state index < -0.39 is 5.60 Å². The number of nitrogen functional groups attached to an aromatic ring is 1. The molecule has 1 aromatic carbocycles. The summed E-state index contributed by atoms with van der Waals surface area (Å²) in [6.45, 7) is 1.70. The van der Waals surface area contributed by atoms with Gasteiger partial charge in [-0.2, -0.15) is 0 Å². The van der Waals surface area contributed by atoms with Gasteiger partial charge in [-0.1, -0.05) is 0 Å². The second-order valence-electron chi connectivity index (χ2n) is 4.92. The molecule has 1 aromatic heterocycles. The van der Waals surface area contributed by atoms with Gasteiger partial charge in [-0.3, -0.25) is 0 Å². The van der Waals surface area contributed by atoms with Crippen molar-refractivity contribution < 1.29 is 9.84 Å². The Kier molecular flexibility index (Phi) is 3.30. The molecule has 1 saturated heterocycles. The standard InChI is InChI=1S/C13H17N3O2S/c14-11-9(1-2-10-12(11)16-8-19-10)15-7-13(17)3-5-18-6-4-13/h1-2,8,15,17H,3-7,14H2. The van der Waals surface area contributed by atoms with Crippen LogP contribution >= 0.6 is 11.3 Å². The smallest absolute Gasteiger partial charge is 0.106 e. The summed E-state index contributed by atoms with van der Waals surface area (Å²) < 4.78 is 6.34. The van der Waals surface area contributed by atoms with Gasteiger partial charge in [0.2, 0.25) is 0 Å². The maximum Gasteiger partial charge on any atom is 0.106 e. The van der Waals surface area contributed by atoms with Gasteiger partial charge in [0.1, 0.15) is 5.52 Å². The zero-order chi connectivity index (χ0) is 13.3. The highest BCUT2D eigenvalue weighted by Crippen LogP contribution is 2.31. The molecule has 0 unspecified atom stereocenters. The van der Waals surface area contributed by atoms with Crippen LogP contribution in [0.4, 0.5) is 11.4 Å². The van der Waals surface area contributed by atoms with Crippen molar-refractivity contribution in [1.29, 1.82) is 0 Å². The Bertz CT molecular complexity index is 578. The lowest BCUT2D eigenvalue weighted by Crippen LogP contribution is -2.42. The van der Waals surface area contributed by atoms with Crippen molar-refractivity contribution in [3.05, 3.63) is 17.6 Å². The van der Waals surface area contributed by atoms with E-state index in [4.69, 9.17) is 10.5 Å². The number of hydrogen-bond acceptors (Lipinski definition) is 6. The van der Waals surface area contributed by atoms with E-state index in [2.05, 4.69) is 10.3 Å². The summed E-state index contributed by atoms with van der Waals surface area (Å²) in [6, 6.07) is 3.94. The molecule has 2 heterocycles. The molecule has 0 spiro atoms. The summed E-state index contributed by atoms with van der Waals surface area (Å²) in [5.74, 6) is 0. The lowest BCUT2D eigenvalue weighted by atomic mass is 9.94. The first-order chi connectivity index (χ1) is 9.18. The van der Waals surface area contributed by atoms with Crippen LogP contribution in [0.1, 0.15) is 12.8 Å². The predicted octanol–water partition coefficient (Wildman–Crippen LogP) is 1.83. The second-order valence-corrected chi connectivity index (χ2v) is 5.80. The molecular weight excluding hydrogens is 262 g/mol. The van der Waals surface area contributed by atoms with Crippen LogP contribution in [0.2, 0.25) is 0 Å². The predicted molar refractivity (Wildman–Crippen MR) is 77.5 cm³/mol. The highest BCUT2D eigenvalue weighted by molar-refractivity contribution is 7.16. The number of anilines is 2. The minimum absolute atomic E-state index is 0.482. The van der Waals surface area contributed by atoms with Crippen LogP contribution in [-0.2, 0) is 4.74 Å². The minimum atomic E-state index is -0.707. The molecular formula is C13H17N3O2S. The summed E-state index contributed by atoms with van der Waals surface area (Å²) in [5, 5.41) is 13.6. The van der Waals surface area contributed by atoms with Crippen LogP contribution in [-0.4, -0.2) is 35.5 Å². The highest BCUT2D eigenvalue weighted by Gasteiger charge is 2.29. The normalized spacial score (nSPS) is 18.6. The molecule has 5 nitrogen and oxygen atoms in total. The van der Waals surface area contributed by atoms with Gasteiger partial charge in [0.05, 0.1) is 27.2 Å². The number of hydrogen-bond donors (Lipinski definition) is 3. The molecule has 1 aliphatic heterocycles. The lowest BCUT2D eigenvalue weighted by Gasteiger charge is -2.32. The van der Waals surface area contributed by atoms with E-state index in [-0.39, 0.29) is 0 Å². The molecule has 1 aliphatic rings. The molecule has 0 amide bonds. The molecule has 2 aromatic rings. The van der Waals surface area contributed by atoms with Gasteiger partial charge in [-0.05, 0) is 12.1 Å². The zero-order valence-electron chi connectivity index (χ0n) is 10.6. The van der Waals surface area contributed by atoms with E-state index in [1.54, 1.807) is 16.8 Å². The Morgan fingerprint density at radius 2 is 2.21 bits per heavy atom. The first kappa shape index (κ1) is 12.7. The molecule has 0 atom stereocenters. The van der Waals surface area contributed by atoms with E-state index >= 15 is 0 Å². The largest absolute Gasteiger partial charge is 0.395 e. The van der Waals surface area contributed by atoms with Crippen molar-refractivity contribution >= 4 is 32.9 Å². The quantitative estimate of drug-likeness (QED) is 0.747. The van der Waals surface area contributed by atoms with Crippen molar-refractivity contribution in [2.24, 2.45) is 0 Å². The maximum absolute atomic E-state index is 10.4. The van der Waals surface area contributed by atoms with Crippen LogP contribution in [0.5, 0.6) is 0 Å². The van der Waals surface area contributed by atoms with Gasteiger partial charge in [-0.25, -0.2) is 4.98 Å². The Balaban J connectivity index is 1.76. The molecule has 0 radical (unpaired) electrons. The van der Waals surface area contributed by atoms with Crippen LogP contribution in [0.3, 0.4) is 0 Å². The number of aliphatic hydroxyl groups is 1. The number of aromatic nitrogens is 1. The summed E-state index contributed by atoms with van der Waals surface area (Å²) in [6.07, 6.45) is 1.30. The third-order valence-corrected chi connectivity index (χ3v) is 4.37. The fourth-order valence-corrected chi connectivity index (χ4v) is 2.99. The number of nitrogens with zero attached hydrogens (tertiary/aromatic N) is 1. The number of ether oxygens (including phenoxy) is 1. The third-order valence-electron chi connectivity index (χ3n) is 3.57. The first-order valence-corrected chi connectivity index (χ1v) is 7.22. The van der Waals surface area contributed by atoms with Crippen LogP contribution in [0.25, 0.3) is 10.2 Å². The van der Waals surface area contributed by atoms with Crippen molar-refractivity contribution in [2.45, 2.75) is 18.4 Å². The number of nitrogens with one attached hydrogen (secondary N) is 1. The van der Waals surface area contributed by atoms with Crippen LogP contribution in [0.15, 0.2) is 17.6 Å². The van der Waals surface area contributed by atoms with Gasteiger partial charge >= 0.3 is 0 Å². The van der Waals surface area contributed by atoms with E-state index in [0.29, 0.717) is 38.3 Å². The Morgan fingerprint density at radius 3 is 3.00 bits per heavy atom. The fraction of sp³-hybridized carbons (Fsp3) is 0.462. The molecule has 19 heavy (non-hydrogen) atoms. The molecule has 3 rings (SSSR count). The molecule has 0 bridgehead atoms. The maximum atomic E-state index is 10.4. The lowest BCUT2D eigenvalue weighted by molar-refractivity contribution is -0.0543. The number of fused-ring (bicyclic) bond motifs is 1. The van der Waals surface area contributed by atoms with Crippen LogP contribution in [0, 0.1) is 0 Å². The third kappa shape index (κ3) is 2.51. The summed E-state index contributed by atoms with van der Waals surface area (Å²) in [7, 11) is 0. The number of nitrogens with two attached hydrogens (primary N) is 1. The topological polar surface area (TPSA) is 80.4 Å². The number of rotatable bonds is 3. The van der Waals surface area contributed by atoms with Gasteiger partial charge in [0.25, 0.3) is 0 Å². The van der Waals surface area contributed by atoms with Crippen molar-refractivity contribution in [1.82, 2.24) is 4.98 Å². The highest BCUT2D eigenvalue weighted by atomic mass is 32.1. The zero-order valence-corrected chi connectivity index (χ0v) is 11.4. The number of benzene rings is 1. The van der Waals surface area contributed by atoms with Crippen molar-refractivity contribution in [3.8, 4) is 0 Å². The van der Waals surface area contributed by atoms with Crippen LogP contribution < -0.4 is 11.1 Å². The monoisotopic (exact) mass is 279 g/mol. The van der Waals surface area contributed by atoms with Gasteiger partial charge in [-0.15, -0.1) is 11.3 Å². The average Bonchev–Trinajstić information content (AvgIpc) is 2.88. The molecule has 1 fully saturated rings. The van der Waals surface area contributed by atoms with Crippen molar-refractivity contribution in [2.75, 3.05) is 30.8 Å². The second kappa shape index (κ2) is 4.96. The van der Waals surface area contributed by atoms with E-state index in [0.717, 1.165) is 15.9 Å². The molecule has 6 heteroatoms. The first-order valence-electron chi connectivity index (χ1n) is 6.34. The van der Waals surface area contributed by atoms with E-state index in [1.807, 2.05) is 12.1 Å². The number of thiazole rings is 1. The Morgan fingerprint density at radius 1 is 1.42 bits per heavy atom. The van der Waals surface area contributed by atoms with E-state index in [9.17, 15) is 5.11 Å². The summed E-state index contributed by atoms with van der Waals surface area (Å²) in [5.41, 5.74) is 9.49. The molecule has 0 aliphatic carbocycles. The average molecular weight is 279 g/mol. The molecule has 4 N–H and O–H groups in total. The summed E-state index contributed by atoms with van der Waals surface area (Å²) in [4.78, 5) is 4.26. The Labute approximate surface area is 115 Å². The summed E-state index contributed by atoms with van der Waals surface area (Å²) >= 11 is 1.57. The Hall–Kier alpha value is -1.37. The van der Waals surface area contributed by atoms with Crippen molar-refractivity contribution in [3.63, 3.8) is 0 Å². The van der Waals surface area contributed by atoms with Gasteiger partial charge in [0, 0.05) is 32.6 Å². The molecule has 102 valence electrons. The minimum Gasteiger partial charge on any atom is -0.395 e. The SMILES string of the molecule is Nc1c(NCC2(O)CCOCC2)ccc2scnc12. The van der Waals surface area contributed by atoms with E-state index in [1.165, 1.54) is 0 Å².